The third-order valence-electron chi connectivity index (χ3n) is 6.30. The Morgan fingerprint density at radius 1 is 0.781 bits per heavy atom. The van der Waals surface area contributed by atoms with Crippen LogP contribution in [0.15, 0.2) is 57.2 Å². The lowest BCUT2D eigenvalue weighted by atomic mass is 9.64. The van der Waals surface area contributed by atoms with E-state index in [0.717, 1.165) is 6.61 Å². The Morgan fingerprint density at radius 3 is 1.75 bits per heavy atom. The maximum absolute atomic E-state index is 6.13. The van der Waals surface area contributed by atoms with Crippen molar-refractivity contribution in [1.82, 2.24) is 0 Å². The van der Waals surface area contributed by atoms with Crippen molar-refractivity contribution in [3.63, 3.8) is 0 Å². The second-order valence-corrected chi connectivity index (χ2v) is 10.1. The third kappa shape index (κ3) is 7.55. The Hall–Kier alpha value is -1.46. The van der Waals surface area contributed by atoms with E-state index < -0.39 is 0 Å². The molecule has 1 saturated heterocycles. The van der Waals surface area contributed by atoms with Crippen LogP contribution < -0.4 is 0 Å². The largest absolute Gasteiger partial charge is 0.376 e. The van der Waals surface area contributed by atoms with Gasteiger partial charge in [0.25, 0.3) is 0 Å². The Kier molecular flexibility index (Phi) is 10.6. The highest BCUT2D eigenvalue weighted by Crippen LogP contribution is 2.50. The van der Waals surface area contributed by atoms with Gasteiger partial charge in [0, 0.05) is 5.92 Å². The molecule has 2 aliphatic rings. The van der Waals surface area contributed by atoms with E-state index in [0.29, 0.717) is 52.2 Å². The minimum atomic E-state index is -0.0462. The maximum Gasteiger partial charge on any atom is 0.0725 e. The maximum atomic E-state index is 6.13. The van der Waals surface area contributed by atoms with E-state index in [1.165, 1.54) is 39.0 Å². The summed E-state index contributed by atoms with van der Waals surface area (Å²) in [5.41, 5.74) is 8.94. The molecule has 0 radical (unpaired) electrons. The highest BCUT2D eigenvalue weighted by molar-refractivity contribution is 5.49. The molecule has 0 N–H and O–H groups in total. The molecule has 4 nitrogen and oxygen atoms in total. The molecule has 0 bridgehead atoms. The number of hydrogen-bond donors (Lipinski definition) is 0. The van der Waals surface area contributed by atoms with Crippen molar-refractivity contribution < 1.29 is 18.9 Å². The third-order valence-corrected chi connectivity index (χ3v) is 6.30. The molecule has 1 heterocycles. The van der Waals surface area contributed by atoms with Crippen LogP contribution in [0.5, 0.6) is 0 Å². The summed E-state index contributed by atoms with van der Waals surface area (Å²) in [7, 11) is 0. The molecule has 1 aliphatic heterocycles. The molecule has 0 spiro atoms. The molecule has 0 aromatic heterocycles. The lowest BCUT2D eigenvalue weighted by Gasteiger charge is -2.41. The number of rotatable bonds is 12. The Morgan fingerprint density at radius 2 is 1.25 bits per heavy atom. The highest BCUT2D eigenvalue weighted by atomic mass is 16.5. The fraction of sp³-hybridized carbons (Fsp3) is 0.643. The fourth-order valence-electron chi connectivity index (χ4n) is 4.19. The summed E-state index contributed by atoms with van der Waals surface area (Å²) in [6.07, 6.45) is 6.38. The van der Waals surface area contributed by atoms with Crippen LogP contribution >= 0.6 is 0 Å². The summed E-state index contributed by atoms with van der Waals surface area (Å²) >= 11 is 0. The molecule has 180 valence electrons. The van der Waals surface area contributed by atoms with Crippen LogP contribution in [0.2, 0.25) is 0 Å². The van der Waals surface area contributed by atoms with E-state index >= 15 is 0 Å². The van der Waals surface area contributed by atoms with Gasteiger partial charge in [-0.3, -0.25) is 0 Å². The minimum Gasteiger partial charge on any atom is -0.376 e. The predicted octanol–water partition coefficient (Wildman–Crippen LogP) is 6.21. The molecule has 0 aromatic rings. The lowest BCUT2D eigenvalue weighted by Crippen LogP contribution is -2.36. The predicted molar refractivity (Wildman–Crippen MR) is 133 cm³/mol. The Balaban J connectivity index is 2.35. The van der Waals surface area contributed by atoms with E-state index in [4.69, 9.17) is 18.9 Å². The second kappa shape index (κ2) is 12.7. The van der Waals surface area contributed by atoms with Crippen molar-refractivity contribution in [2.24, 2.45) is 11.3 Å². The lowest BCUT2D eigenvalue weighted by molar-refractivity contribution is 0.125. The van der Waals surface area contributed by atoms with Gasteiger partial charge in [-0.2, -0.15) is 0 Å². The monoisotopic (exact) mass is 444 g/mol. The highest BCUT2D eigenvalue weighted by Gasteiger charge is 2.45. The molecular formula is C28H44O4. The van der Waals surface area contributed by atoms with Crippen LogP contribution in [0.1, 0.15) is 55.4 Å². The number of hydrogen-bond acceptors (Lipinski definition) is 4. The number of fused-ring (bicyclic) bond motifs is 1. The number of ether oxygens (including phenoxy) is 4. The zero-order chi connectivity index (χ0) is 23.7. The summed E-state index contributed by atoms with van der Waals surface area (Å²) in [5.74, 6) is 0.355. The van der Waals surface area contributed by atoms with E-state index in [9.17, 15) is 0 Å². The fourth-order valence-corrected chi connectivity index (χ4v) is 4.19. The van der Waals surface area contributed by atoms with Crippen molar-refractivity contribution in [3.05, 3.63) is 57.2 Å². The van der Waals surface area contributed by atoms with Crippen molar-refractivity contribution in [3.8, 4) is 0 Å². The molecule has 2 rings (SSSR count). The van der Waals surface area contributed by atoms with Gasteiger partial charge in [0.15, 0.2) is 0 Å². The summed E-state index contributed by atoms with van der Waals surface area (Å²) in [6, 6.07) is 0. The van der Waals surface area contributed by atoms with Gasteiger partial charge in [-0.05, 0) is 69.2 Å². The van der Waals surface area contributed by atoms with Crippen molar-refractivity contribution in [2.45, 2.75) is 55.4 Å². The van der Waals surface area contributed by atoms with Gasteiger partial charge in [0.05, 0.1) is 52.9 Å². The standard InChI is InChI=1S/C28H44O4/c1-20(2)9-12-29-15-23-24(16-30-13-10-21(3)4)26(18-31-14-11-22(5)6)28(7,8)27-19-32-17-25(23)27/h9-11,27H,12-19H2,1-8H3/t27-/m0/s1. The topological polar surface area (TPSA) is 36.9 Å². The molecule has 0 amide bonds. The van der Waals surface area contributed by atoms with Crippen LogP contribution in [0.3, 0.4) is 0 Å². The normalized spacial score (nSPS) is 19.7. The van der Waals surface area contributed by atoms with E-state index in [1.54, 1.807) is 0 Å². The molecule has 1 aliphatic carbocycles. The first-order valence-corrected chi connectivity index (χ1v) is 11.8. The average molecular weight is 445 g/mol. The van der Waals surface area contributed by atoms with Gasteiger partial charge < -0.3 is 18.9 Å². The second-order valence-electron chi connectivity index (χ2n) is 10.1. The van der Waals surface area contributed by atoms with Gasteiger partial charge in [-0.25, -0.2) is 0 Å². The molecule has 0 aromatic carbocycles. The van der Waals surface area contributed by atoms with Gasteiger partial charge in [-0.1, -0.05) is 48.8 Å². The van der Waals surface area contributed by atoms with Crippen LogP contribution in [0.25, 0.3) is 0 Å². The first-order valence-electron chi connectivity index (χ1n) is 11.8. The van der Waals surface area contributed by atoms with Gasteiger partial charge in [0.1, 0.15) is 0 Å². The van der Waals surface area contributed by atoms with Gasteiger partial charge in [0.2, 0.25) is 0 Å². The smallest absolute Gasteiger partial charge is 0.0725 e. The SMILES string of the molecule is CC(C)=CCOCC1=C2COC[C@@H]2C(C)(C)C(COCC=C(C)C)=C1COCC=C(C)C. The first-order chi connectivity index (χ1) is 15.1. The van der Waals surface area contributed by atoms with Crippen LogP contribution in [-0.4, -0.2) is 52.9 Å². The first kappa shape index (κ1) is 26.8. The number of allylic oxidation sites excluding steroid dienone is 3. The van der Waals surface area contributed by atoms with Crippen LogP contribution in [0.4, 0.5) is 0 Å². The molecule has 1 atom stereocenters. The van der Waals surface area contributed by atoms with E-state index in [2.05, 4.69) is 73.6 Å². The molecule has 32 heavy (non-hydrogen) atoms. The summed E-state index contributed by atoms with van der Waals surface area (Å²) < 4.78 is 24.3. The molecular weight excluding hydrogens is 400 g/mol. The van der Waals surface area contributed by atoms with Crippen molar-refractivity contribution in [2.75, 3.05) is 52.9 Å². The molecule has 0 unspecified atom stereocenters. The molecule has 4 heteroatoms. The van der Waals surface area contributed by atoms with E-state index in [1.807, 2.05) is 0 Å². The zero-order valence-electron chi connectivity index (χ0n) is 21.6. The summed E-state index contributed by atoms with van der Waals surface area (Å²) in [6.45, 7) is 22.3. The van der Waals surface area contributed by atoms with Gasteiger partial charge in [-0.15, -0.1) is 0 Å². The minimum absolute atomic E-state index is 0.0462. The molecule has 0 saturated carbocycles. The Bertz CT molecular complexity index is 780. The van der Waals surface area contributed by atoms with Crippen LogP contribution in [0, 0.1) is 11.3 Å². The van der Waals surface area contributed by atoms with Crippen molar-refractivity contribution in [1.29, 1.82) is 0 Å². The van der Waals surface area contributed by atoms with Gasteiger partial charge >= 0.3 is 0 Å². The summed E-state index contributed by atoms with van der Waals surface area (Å²) in [4.78, 5) is 0. The zero-order valence-corrected chi connectivity index (χ0v) is 21.6. The molecule has 1 fully saturated rings. The Labute approximate surface area is 196 Å². The average Bonchev–Trinajstić information content (AvgIpc) is 3.19. The van der Waals surface area contributed by atoms with Crippen LogP contribution in [-0.2, 0) is 18.9 Å². The quantitative estimate of drug-likeness (QED) is 0.265. The van der Waals surface area contributed by atoms with Crippen molar-refractivity contribution >= 4 is 0 Å². The summed E-state index contributed by atoms with van der Waals surface area (Å²) in [5, 5.41) is 0. The van der Waals surface area contributed by atoms with E-state index in [-0.39, 0.29) is 5.41 Å².